The molecule has 150 valence electrons. The first-order valence-electron chi connectivity index (χ1n) is 8.74. The molecule has 10 heteroatoms. The highest BCUT2D eigenvalue weighted by Crippen LogP contribution is 2.22. The molecule has 0 spiro atoms. The van der Waals surface area contributed by atoms with Gasteiger partial charge in [0.1, 0.15) is 11.5 Å². The summed E-state index contributed by atoms with van der Waals surface area (Å²) in [5.41, 5.74) is 0.285. The maximum Gasteiger partial charge on any atom is 0.354 e. The van der Waals surface area contributed by atoms with Crippen LogP contribution in [0.1, 0.15) is 29.6 Å². The third-order valence-electron chi connectivity index (χ3n) is 4.59. The van der Waals surface area contributed by atoms with Crippen LogP contribution < -0.4 is 4.74 Å². The van der Waals surface area contributed by atoms with Crippen LogP contribution >= 0.6 is 0 Å². The van der Waals surface area contributed by atoms with Gasteiger partial charge in [-0.25, -0.2) is 18.2 Å². The van der Waals surface area contributed by atoms with Gasteiger partial charge in [-0.15, -0.1) is 0 Å². The number of ether oxygens (including phenoxy) is 2. The zero-order chi connectivity index (χ0) is 20.3. The van der Waals surface area contributed by atoms with Gasteiger partial charge in [-0.3, -0.25) is 9.59 Å². The lowest BCUT2D eigenvalue weighted by Gasteiger charge is -2.27. The number of para-hydroxylation sites is 1. The molecule has 2 aliphatic heterocycles. The van der Waals surface area contributed by atoms with Gasteiger partial charge in [0, 0.05) is 12.8 Å². The van der Waals surface area contributed by atoms with Crippen LogP contribution in [0.5, 0.6) is 5.75 Å². The van der Waals surface area contributed by atoms with E-state index < -0.39 is 34.2 Å². The number of hydrogen-bond donors (Lipinski definition) is 0. The number of sulfone groups is 1. The number of nitrogens with zero attached hydrogens (tertiary/aromatic N) is 2. The molecule has 1 saturated heterocycles. The zero-order valence-corrected chi connectivity index (χ0v) is 16.1. The Morgan fingerprint density at radius 2 is 2.00 bits per heavy atom. The number of rotatable bonds is 6. The van der Waals surface area contributed by atoms with Crippen LogP contribution in [0, 0.1) is 0 Å². The first kappa shape index (κ1) is 20.0. The third kappa shape index (κ3) is 4.38. The Hall–Kier alpha value is -2.75. The summed E-state index contributed by atoms with van der Waals surface area (Å²) < 4.78 is 33.5. The maximum absolute atomic E-state index is 12.3. The van der Waals surface area contributed by atoms with E-state index in [0.29, 0.717) is 5.75 Å². The van der Waals surface area contributed by atoms with Gasteiger partial charge < -0.3 is 9.47 Å². The Kier molecular flexibility index (Phi) is 5.78. The van der Waals surface area contributed by atoms with Crippen LogP contribution in [0.2, 0.25) is 0 Å². The number of carbonyl (C=O) groups is 3. The molecule has 28 heavy (non-hydrogen) atoms. The molecular formula is C18H20N2O7S. The Balaban J connectivity index is 1.66. The van der Waals surface area contributed by atoms with Crippen molar-refractivity contribution in [3.8, 4) is 5.75 Å². The summed E-state index contributed by atoms with van der Waals surface area (Å²) in [4.78, 5) is 36.7. The van der Waals surface area contributed by atoms with E-state index >= 15 is 0 Å². The van der Waals surface area contributed by atoms with Crippen molar-refractivity contribution in [3.63, 3.8) is 0 Å². The van der Waals surface area contributed by atoms with Crippen molar-refractivity contribution in [2.24, 2.45) is 5.10 Å². The van der Waals surface area contributed by atoms with E-state index in [1.807, 2.05) is 0 Å². The molecule has 3 rings (SSSR count). The minimum absolute atomic E-state index is 0.00303. The van der Waals surface area contributed by atoms with Crippen LogP contribution in [-0.2, 0) is 24.2 Å². The summed E-state index contributed by atoms with van der Waals surface area (Å²) in [5, 5.41) is 5.10. The van der Waals surface area contributed by atoms with Crippen LogP contribution in [0.3, 0.4) is 0 Å². The lowest BCUT2D eigenvalue weighted by Crippen LogP contribution is -2.42. The van der Waals surface area contributed by atoms with E-state index in [9.17, 15) is 22.8 Å². The lowest BCUT2D eigenvalue weighted by atomic mass is 10.1. The number of amides is 1. The molecule has 0 aromatic heterocycles. The van der Waals surface area contributed by atoms with Crippen LogP contribution in [-0.4, -0.2) is 68.1 Å². The average Bonchev–Trinajstić information content (AvgIpc) is 3.05. The molecule has 2 aliphatic rings. The van der Waals surface area contributed by atoms with Gasteiger partial charge in [0.15, 0.2) is 16.4 Å². The van der Waals surface area contributed by atoms with Gasteiger partial charge in [-0.1, -0.05) is 12.1 Å². The second-order valence-electron chi connectivity index (χ2n) is 6.54. The summed E-state index contributed by atoms with van der Waals surface area (Å²) >= 11 is 0. The number of esters is 1. The summed E-state index contributed by atoms with van der Waals surface area (Å²) in [6, 6.07) is 6.00. The molecule has 1 amide bonds. The molecule has 0 saturated carbocycles. The first-order valence-corrected chi connectivity index (χ1v) is 10.6. The average molecular weight is 408 g/mol. The molecule has 0 bridgehead atoms. The fourth-order valence-corrected chi connectivity index (χ4v) is 4.83. The van der Waals surface area contributed by atoms with Gasteiger partial charge in [-0.05, 0) is 18.6 Å². The molecule has 1 aromatic carbocycles. The quantitative estimate of drug-likeness (QED) is 0.499. The van der Waals surface area contributed by atoms with Gasteiger partial charge in [0.2, 0.25) is 11.7 Å². The predicted octanol–water partition coefficient (Wildman–Crippen LogP) is 0.587. The smallest absolute Gasteiger partial charge is 0.354 e. The normalized spacial score (nSPS) is 21.2. The second-order valence-corrected chi connectivity index (χ2v) is 8.77. The minimum atomic E-state index is -3.20. The lowest BCUT2D eigenvalue weighted by molar-refractivity contribution is -0.136. The molecule has 1 aromatic rings. The van der Waals surface area contributed by atoms with E-state index in [2.05, 4.69) is 5.10 Å². The molecule has 0 radical (unpaired) electrons. The van der Waals surface area contributed by atoms with Crippen molar-refractivity contribution in [2.75, 3.05) is 25.2 Å². The van der Waals surface area contributed by atoms with Gasteiger partial charge in [0.05, 0.1) is 30.2 Å². The Morgan fingerprint density at radius 1 is 1.25 bits per heavy atom. The molecular weight excluding hydrogens is 388 g/mol. The van der Waals surface area contributed by atoms with E-state index in [0.717, 1.165) is 5.01 Å². The number of hydrogen-bond acceptors (Lipinski definition) is 8. The van der Waals surface area contributed by atoms with Crippen molar-refractivity contribution in [1.82, 2.24) is 5.01 Å². The molecule has 0 N–H and O–H groups in total. The van der Waals surface area contributed by atoms with Gasteiger partial charge >= 0.3 is 5.97 Å². The van der Waals surface area contributed by atoms with Crippen molar-refractivity contribution in [2.45, 2.75) is 25.3 Å². The monoisotopic (exact) mass is 408 g/mol. The number of Topliss-reactive ketones (excluding diaryl/α,β-unsaturated/α-hetero) is 1. The summed E-state index contributed by atoms with van der Waals surface area (Å²) in [6.45, 7) is -0.496. The Bertz CT molecular complexity index is 939. The molecule has 2 heterocycles. The van der Waals surface area contributed by atoms with E-state index in [-0.39, 0.29) is 48.0 Å². The number of carbonyl (C=O) groups excluding carboxylic acids is 3. The van der Waals surface area contributed by atoms with Crippen molar-refractivity contribution in [3.05, 3.63) is 29.8 Å². The number of methoxy groups -OCH3 is 1. The highest BCUT2D eigenvalue weighted by atomic mass is 32.2. The fourth-order valence-electron chi connectivity index (χ4n) is 3.14. The minimum Gasteiger partial charge on any atom is -0.496 e. The van der Waals surface area contributed by atoms with Gasteiger partial charge in [-0.2, -0.15) is 5.10 Å². The first-order chi connectivity index (χ1) is 13.3. The zero-order valence-electron chi connectivity index (χ0n) is 15.3. The van der Waals surface area contributed by atoms with Crippen LogP contribution in [0.4, 0.5) is 0 Å². The molecule has 9 nitrogen and oxygen atoms in total. The number of benzene rings is 1. The highest BCUT2D eigenvalue weighted by molar-refractivity contribution is 7.91. The summed E-state index contributed by atoms with van der Waals surface area (Å²) in [5.74, 6) is -1.37. The summed E-state index contributed by atoms with van der Waals surface area (Å²) in [7, 11) is -1.77. The second kappa shape index (κ2) is 8.09. The van der Waals surface area contributed by atoms with Crippen molar-refractivity contribution < 1.29 is 32.3 Å². The topological polar surface area (TPSA) is 119 Å². The highest BCUT2D eigenvalue weighted by Gasteiger charge is 2.37. The standard InChI is InChI=1S/C18H20N2O7S/c1-26-16-5-3-2-4-13(16)15(21)10-27-18(23)14-6-7-17(22)20(19-14)12-8-9-28(24,25)11-12/h2-5,12H,6-11H2,1H3/t12-/m0/s1. The fraction of sp³-hybridized carbons (Fsp3) is 0.444. The maximum atomic E-state index is 12.3. The molecule has 0 unspecified atom stereocenters. The van der Waals surface area contributed by atoms with Crippen LogP contribution in [0.25, 0.3) is 0 Å². The van der Waals surface area contributed by atoms with Crippen molar-refractivity contribution in [1.29, 1.82) is 0 Å². The van der Waals surface area contributed by atoms with Crippen LogP contribution in [0.15, 0.2) is 29.4 Å². The summed E-state index contributed by atoms with van der Waals surface area (Å²) in [6.07, 6.45) is 0.396. The SMILES string of the molecule is COc1ccccc1C(=O)COC(=O)C1=NN([C@H]2CCS(=O)(=O)C2)C(=O)CC1. The largest absolute Gasteiger partial charge is 0.496 e. The molecule has 1 fully saturated rings. The molecule has 0 aliphatic carbocycles. The third-order valence-corrected chi connectivity index (χ3v) is 6.34. The number of ketones is 1. The Morgan fingerprint density at radius 3 is 2.68 bits per heavy atom. The Labute approximate surface area is 162 Å². The number of hydrazone groups is 1. The van der Waals surface area contributed by atoms with E-state index in [1.165, 1.54) is 7.11 Å². The molecule has 1 atom stereocenters. The van der Waals surface area contributed by atoms with E-state index in [1.54, 1.807) is 24.3 Å². The van der Waals surface area contributed by atoms with E-state index in [4.69, 9.17) is 9.47 Å². The predicted molar refractivity (Wildman–Crippen MR) is 98.9 cm³/mol. The van der Waals surface area contributed by atoms with Gasteiger partial charge in [0.25, 0.3) is 0 Å². The van der Waals surface area contributed by atoms with Crippen molar-refractivity contribution >= 4 is 33.2 Å².